The Balaban J connectivity index is 1.74. The second kappa shape index (κ2) is 5.21. The SMILES string of the molecule is OC1C=C2CCCCCCCCCC3(C=CC13)C2. The van der Waals surface area contributed by atoms with Gasteiger partial charge in [0.05, 0.1) is 6.10 Å². The minimum atomic E-state index is -0.207. The molecule has 3 atom stereocenters. The Hall–Kier alpha value is -0.560. The highest BCUT2D eigenvalue weighted by molar-refractivity contribution is 5.31. The van der Waals surface area contributed by atoms with Gasteiger partial charge in [0.25, 0.3) is 0 Å². The van der Waals surface area contributed by atoms with Crippen molar-refractivity contribution in [3.05, 3.63) is 23.8 Å². The van der Waals surface area contributed by atoms with Crippen LogP contribution in [0.3, 0.4) is 0 Å². The summed E-state index contributed by atoms with van der Waals surface area (Å²) in [5, 5.41) is 10.3. The molecule has 3 aliphatic carbocycles. The van der Waals surface area contributed by atoms with Crippen LogP contribution < -0.4 is 0 Å². The zero-order valence-electron chi connectivity index (χ0n) is 11.4. The third-order valence-corrected chi connectivity index (χ3v) is 5.27. The van der Waals surface area contributed by atoms with E-state index in [0.717, 1.165) is 0 Å². The number of aliphatic hydroxyl groups excluding tert-OH is 1. The van der Waals surface area contributed by atoms with Crippen molar-refractivity contribution in [3.8, 4) is 0 Å². The first-order chi connectivity index (χ1) is 8.80. The summed E-state index contributed by atoms with van der Waals surface area (Å²) in [5.74, 6) is 0.421. The van der Waals surface area contributed by atoms with Gasteiger partial charge in [-0.15, -0.1) is 0 Å². The second-order valence-electron chi connectivity index (χ2n) is 6.59. The van der Waals surface area contributed by atoms with Crippen molar-refractivity contribution < 1.29 is 5.11 Å². The first-order valence-electron chi connectivity index (χ1n) is 7.87. The van der Waals surface area contributed by atoms with E-state index in [1.54, 1.807) is 0 Å². The second-order valence-corrected chi connectivity index (χ2v) is 6.59. The van der Waals surface area contributed by atoms with E-state index in [1.807, 2.05) is 0 Å². The van der Waals surface area contributed by atoms with Crippen LogP contribution in [0.5, 0.6) is 0 Å². The molecule has 0 aromatic carbocycles. The number of fused-ring (bicyclic) bond motifs is 1. The van der Waals surface area contributed by atoms with Crippen LogP contribution in [0.2, 0.25) is 0 Å². The molecule has 0 aliphatic heterocycles. The van der Waals surface area contributed by atoms with E-state index < -0.39 is 0 Å². The maximum Gasteiger partial charge on any atom is 0.0794 e. The summed E-state index contributed by atoms with van der Waals surface area (Å²) in [6.45, 7) is 0. The quantitative estimate of drug-likeness (QED) is 0.629. The molecular formula is C17H26O. The van der Waals surface area contributed by atoms with E-state index in [1.165, 1.54) is 69.8 Å². The lowest BCUT2D eigenvalue weighted by Crippen LogP contribution is -2.44. The Kier molecular flexibility index (Phi) is 3.61. The Morgan fingerprint density at radius 3 is 2.44 bits per heavy atom. The fraction of sp³-hybridized carbons (Fsp3) is 0.765. The Morgan fingerprint density at radius 2 is 1.72 bits per heavy atom. The minimum Gasteiger partial charge on any atom is -0.388 e. The van der Waals surface area contributed by atoms with E-state index in [2.05, 4.69) is 18.2 Å². The van der Waals surface area contributed by atoms with Gasteiger partial charge in [-0.3, -0.25) is 0 Å². The summed E-state index contributed by atoms with van der Waals surface area (Å²) in [5.41, 5.74) is 1.87. The highest BCUT2D eigenvalue weighted by Crippen LogP contribution is 2.53. The Labute approximate surface area is 111 Å². The lowest BCUT2D eigenvalue weighted by atomic mass is 9.56. The molecule has 1 N–H and O–H groups in total. The molecule has 1 heteroatoms. The topological polar surface area (TPSA) is 20.2 Å². The van der Waals surface area contributed by atoms with Gasteiger partial charge in [-0.1, -0.05) is 62.3 Å². The summed E-state index contributed by atoms with van der Waals surface area (Å²) < 4.78 is 0. The summed E-state index contributed by atoms with van der Waals surface area (Å²) in [7, 11) is 0. The van der Waals surface area contributed by atoms with Crippen LogP contribution in [0.1, 0.15) is 64.2 Å². The standard InChI is InChI=1S/C17H26O/c18-16-12-14-8-6-4-2-1-3-5-7-10-17(13-14)11-9-15(16)17/h9,11-12,15-16,18H,1-8,10,13H2. The van der Waals surface area contributed by atoms with E-state index in [-0.39, 0.29) is 6.10 Å². The van der Waals surface area contributed by atoms with Crippen LogP contribution >= 0.6 is 0 Å². The van der Waals surface area contributed by atoms with Gasteiger partial charge in [0.1, 0.15) is 0 Å². The van der Waals surface area contributed by atoms with Crippen LogP contribution in [0.15, 0.2) is 23.8 Å². The predicted octanol–water partition coefficient (Wildman–Crippen LogP) is 4.37. The van der Waals surface area contributed by atoms with Gasteiger partial charge in [-0.25, -0.2) is 0 Å². The lowest BCUT2D eigenvalue weighted by molar-refractivity contribution is 0.0614. The fourth-order valence-electron chi connectivity index (χ4n) is 4.14. The van der Waals surface area contributed by atoms with Crippen LogP contribution in [0, 0.1) is 11.3 Å². The molecule has 0 heterocycles. The van der Waals surface area contributed by atoms with E-state index >= 15 is 0 Å². The third kappa shape index (κ3) is 2.30. The van der Waals surface area contributed by atoms with E-state index in [4.69, 9.17) is 0 Å². The number of rotatable bonds is 0. The summed E-state index contributed by atoms with van der Waals surface area (Å²) in [6.07, 6.45) is 20.0. The predicted molar refractivity (Wildman–Crippen MR) is 75.3 cm³/mol. The normalized spacial score (nSPS) is 40.8. The van der Waals surface area contributed by atoms with Gasteiger partial charge in [-0.05, 0) is 25.7 Å². The molecule has 1 nitrogen and oxygen atoms in total. The van der Waals surface area contributed by atoms with Gasteiger partial charge < -0.3 is 5.11 Å². The van der Waals surface area contributed by atoms with Crippen LogP contribution in [-0.2, 0) is 0 Å². The van der Waals surface area contributed by atoms with Gasteiger partial charge in [-0.2, -0.15) is 0 Å². The van der Waals surface area contributed by atoms with Crippen molar-refractivity contribution in [2.75, 3.05) is 0 Å². The first kappa shape index (κ1) is 12.5. The molecule has 3 rings (SSSR count). The smallest absolute Gasteiger partial charge is 0.0794 e. The molecular weight excluding hydrogens is 220 g/mol. The van der Waals surface area contributed by atoms with Crippen molar-refractivity contribution in [1.82, 2.24) is 0 Å². The summed E-state index contributed by atoms with van der Waals surface area (Å²) in [6, 6.07) is 0. The van der Waals surface area contributed by atoms with Crippen molar-refractivity contribution in [2.24, 2.45) is 11.3 Å². The largest absolute Gasteiger partial charge is 0.388 e. The van der Waals surface area contributed by atoms with Crippen molar-refractivity contribution in [3.63, 3.8) is 0 Å². The van der Waals surface area contributed by atoms with Crippen molar-refractivity contribution in [1.29, 1.82) is 0 Å². The minimum absolute atomic E-state index is 0.207. The first-order valence-corrected chi connectivity index (χ1v) is 7.87. The summed E-state index contributed by atoms with van der Waals surface area (Å²) >= 11 is 0. The van der Waals surface area contributed by atoms with Gasteiger partial charge >= 0.3 is 0 Å². The lowest BCUT2D eigenvalue weighted by Gasteiger charge is -2.49. The van der Waals surface area contributed by atoms with Crippen LogP contribution in [0.25, 0.3) is 0 Å². The highest BCUT2D eigenvalue weighted by atomic mass is 16.3. The zero-order chi connectivity index (χ0) is 12.4. The number of hydrogen-bond donors (Lipinski definition) is 1. The maximum absolute atomic E-state index is 10.3. The molecule has 0 amide bonds. The Morgan fingerprint density at radius 1 is 1.00 bits per heavy atom. The molecule has 1 spiro atoms. The molecule has 0 aromatic heterocycles. The third-order valence-electron chi connectivity index (χ3n) is 5.27. The molecule has 1 saturated carbocycles. The van der Waals surface area contributed by atoms with Crippen LogP contribution in [0.4, 0.5) is 0 Å². The molecule has 2 bridgehead atoms. The summed E-state index contributed by atoms with van der Waals surface area (Å²) in [4.78, 5) is 0. The highest BCUT2D eigenvalue weighted by Gasteiger charge is 2.46. The van der Waals surface area contributed by atoms with E-state index in [0.29, 0.717) is 11.3 Å². The Bertz CT molecular complexity index is 355. The molecule has 100 valence electrons. The maximum atomic E-state index is 10.3. The average molecular weight is 246 g/mol. The zero-order valence-corrected chi connectivity index (χ0v) is 11.4. The van der Waals surface area contributed by atoms with E-state index in [9.17, 15) is 5.11 Å². The van der Waals surface area contributed by atoms with Crippen LogP contribution in [-0.4, -0.2) is 11.2 Å². The molecule has 3 aliphatic rings. The fourth-order valence-corrected chi connectivity index (χ4v) is 4.14. The molecule has 1 fully saturated rings. The van der Waals surface area contributed by atoms with Gasteiger partial charge in [0.2, 0.25) is 0 Å². The monoisotopic (exact) mass is 246 g/mol. The number of hydrogen-bond acceptors (Lipinski definition) is 1. The molecule has 3 unspecified atom stereocenters. The van der Waals surface area contributed by atoms with Crippen molar-refractivity contribution >= 4 is 0 Å². The van der Waals surface area contributed by atoms with Gasteiger partial charge in [0, 0.05) is 11.3 Å². The molecule has 0 aromatic rings. The van der Waals surface area contributed by atoms with Crippen molar-refractivity contribution in [2.45, 2.75) is 70.3 Å². The number of aliphatic hydroxyl groups is 1. The van der Waals surface area contributed by atoms with Gasteiger partial charge in [0.15, 0.2) is 0 Å². The molecule has 18 heavy (non-hydrogen) atoms. The molecule has 0 saturated heterocycles. The number of allylic oxidation sites excluding steroid dienone is 2. The average Bonchev–Trinajstić information content (AvgIpc) is 2.29. The molecule has 0 radical (unpaired) electrons.